The maximum absolute atomic E-state index is 9.41. The zero-order valence-electron chi connectivity index (χ0n) is 9.35. The third-order valence-corrected chi connectivity index (χ3v) is 2.63. The fourth-order valence-corrected chi connectivity index (χ4v) is 1.72. The molecule has 0 bridgehead atoms. The summed E-state index contributed by atoms with van der Waals surface area (Å²) < 4.78 is 0. The van der Waals surface area contributed by atoms with Gasteiger partial charge in [-0.1, -0.05) is 13.3 Å². The molecule has 1 aromatic rings. The van der Waals surface area contributed by atoms with Gasteiger partial charge >= 0.3 is 0 Å². The Bertz CT molecular complexity index is 294. The SMILES string of the molecule is CCCC(CN)(CO)Cc1nnn(C)n1. The quantitative estimate of drug-likeness (QED) is 0.664. The van der Waals surface area contributed by atoms with Crippen LogP contribution in [0.3, 0.4) is 0 Å². The lowest BCUT2D eigenvalue weighted by Gasteiger charge is -2.28. The van der Waals surface area contributed by atoms with Gasteiger partial charge in [-0.25, -0.2) is 0 Å². The number of hydrogen-bond donors (Lipinski definition) is 2. The third-order valence-electron chi connectivity index (χ3n) is 2.63. The molecule has 1 rings (SSSR count). The van der Waals surface area contributed by atoms with E-state index in [1.165, 1.54) is 4.80 Å². The molecular weight excluding hydrogens is 194 g/mol. The Kier molecular flexibility index (Phi) is 4.16. The van der Waals surface area contributed by atoms with Crippen molar-refractivity contribution >= 4 is 0 Å². The number of aliphatic hydroxyl groups is 1. The molecule has 1 atom stereocenters. The Morgan fingerprint density at radius 3 is 2.67 bits per heavy atom. The first kappa shape index (κ1) is 12.1. The number of nitrogens with zero attached hydrogens (tertiary/aromatic N) is 4. The highest BCUT2D eigenvalue weighted by Gasteiger charge is 2.29. The minimum Gasteiger partial charge on any atom is -0.396 e. The van der Waals surface area contributed by atoms with Crippen LogP contribution in [-0.4, -0.2) is 38.5 Å². The van der Waals surface area contributed by atoms with Crippen LogP contribution in [0, 0.1) is 5.41 Å². The summed E-state index contributed by atoms with van der Waals surface area (Å²) in [6.07, 6.45) is 2.44. The van der Waals surface area contributed by atoms with Crippen molar-refractivity contribution in [3.8, 4) is 0 Å². The average molecular weight is 213 g/mol. The predicted octanol–water partition coefficient (Wildman–Crippen LogP) is -0.510. The molecule has 0 aliphatic rings. The summed E-state index contributed by atoms with van der Waals surface area (Å²) in [7, 11) is 1.72. The standard InChI is InChI=1S/C9H19N5O/c1-3-4-9(6-10,7-15)5-8-11-13-14(2)12-8/h15H,3-7,10H2,1-2H3. The normalized spacial score (nSPS) is 15.2. The van der Waals surface area contributed by atoms with E-state index in [1.807, 2.05) is 0 Å². The van der Waals surface area contributed by atoms with Crippen LogP contribution < -0.4 is 5.73 Å². The van der Waals surface area contributed by atoms with Crippen molar-refractivity contribution in [1.82, 2.24) is 20.2 Å². The Balaban J connectivity index is 2.73. The Labute approximate surface area is 89.5 Å². The smallest absolute Gasteiger partial charge is 0.175 e. The molecule has 0 amide bonds. The van der Waals surface area contributed by atoms with E-state index in [-0.39, 0.29) is 12.0 Å². The summed E-state index contributed by atoms with van der Waals surface area (Å²) in [6, 6.07) is 0. The minimum atomic E-state index is -0.294. The number of rotatable bonds is 6. The lowest BCUT2D eigenvalue weighted by Crippen LogP contribution is -2.36. The number of hydrogen-bond acceptors (Lipinski definition) is 5. The first-order valence-electron chi connectivity index (χ1n) is 5.19. The van der Waals surface area contributed by atoms with E-state index in [1.54, 1.807) is 7.05 Å². The molecule has 0 saturated heterocycles. The van der Waals surface area contributed by atoms with Gasteiger partial charge in [0.15, 0.2) is 5.82 Å². The average Bonchev–Trinajstić information content (AvgIpc) is 2.63. The van der Waals surface area contributed by atoms with E-state index in [9.17, 15) is 5.11 Å². The minimum absolute atomic E-state index is 0.0651. The van der Waals surface area contributed by atoms with Crippen LogP contribution in [0.1, 0.15) is 25.6 Å². The molecule has 1 unspecified atom stereocenters. The number of tetrazole rings is 1. The highest BCUT2D eigenvalue weighted by molar-refractivity contribution is 4.91. The summed E-state index contributed by atoms with van der Waals surface area (Å²) in [4.78, 5) is 1.42. The van der Waals surface area contributed by atoms with Gasteiger partial charge in [0.2, 0.25) is 0 Å². The molecule has 3 N–H and O–H groups in total. The maximum atomic E-state index is 9.41. The summed E-state index contributed by atoms with van der Waals surface area (Å²) >= 11 is 0. The molecule has 86 valence electrons. The van der Waals surface area contributed by atoms with E-state index >= 15 is 0 Å². The Morgan fingerprint density at radius 1 is 1.53 bits per heavy atom. The molecule has 0 radical (unpaired) electrons. The molecular formula is C9H19N5O. The van der Waals surface area contributed by atoms with Gasteiger partial charge < -0.3 is 10.8 Å². The van der Waals surface area contributed by atoms with Gasteiger partial charge in [0.1, 0.15) is 0 Å². The van der Waals surface area contributed by atoms with Gasteiger partial charge in [0.05, 0.1) is 13.7 Å². The number of aliphatic hydroxyl groups excluding tert-OH is 1. The van der Waals surface area contributed by atoms with Crippen LogP contribution in [0.15, 0.2) is 0 Å². The van der Waals surface area contributed by atoms with Crippen molar-refractivity contribution in [2.24, 2.45) is 18.2 Å². The Hall–Kier alpha value is -1.01. The van der Waals surface area contributed by atoms with Crippen molar-refractivity contribution in [1.29, 1.82) is 0 Å². The van der Waals surface area contributed by atoms with Crippen LogP contribution in [0.5, 0.6) is 0 Å². The van der Waals surface area contributed by atoms with Gasteiger partial charge in [-0.15, -0.1) is 10.2 Å². The number of aromatic nitrogens is 4. The Morgan fingerprint density at radius 2 is 2.27 bits per heavy atom. The molecule has 0 spiro atoms. The molecule has 0 aliphatic carbocycles. The fourth-order valence-electron chi connectivity index (χ4n) is 1.72. The zero-order valence-corrected chi connectivity index (χ0v) is 9.35. The van der Waals surface area contributed by atoms with Crippen molar-refractivity contribution in [2.75, 3.05) is 13.2 Å². The lowest BCUT2D eigenvalue weighted by atomic mass is 9.81. The summed E-state index contributed by atoms with van der Waals surface area (Å²) in [6.45, 7) is 2.58. The van der Waals surface area contributed by atoms with Gasteiger partial charge in [0, 0.05) is 18.4 Å². The molecule has 1 heterocycles. The third kappa shape index (κ3) is 2.97. The second kappa shape index (κ2) is 5.18. The molecule has 1 aromatic heterocycles. The van der Waals surface area contributed by atoms with Gasteiger partial charge in [-0.05, 0) is 11.6 Å². The van der Waals surface area contributed by atoms with Gasteiger partial charge in [-0.3, -0.25) is 0 Å². The monoisotopic (exact) mass is 213 g/mol. The van der Waals surface area contributed by atoms with E-state index in [4.69, 9.17) is 5.73 Å². The summed E-state index contributed by atoms with van der Waals surface area (Å²) in [5.41, 5.74) is 5.42. The van der Waals surface area contributed by atoms with E-state index in [2.05, 4.69) is 22.3 Å². The molecule has 0 aliphatic heterocycles. The van der Waals surface area contributed by atoms with Crippen LogP contribution in [0.4, 0.5) is 0 Å². The van der Waals surface area contributed by atoms with Crippen LogP contribution in [0.2, 0.25) is 0 Å². The largest absolute Gasteiger partial charge is 0.396 e. The summed E-state index contributed by atoms with van der Waals surface area (Å²) in [5, 5.41) is 21.2. The number of aryl methyl sites for hydroxylation is 1. The summed E-state index contributed by atoms with van der Waals surface area (Å²) in [5.74, 6) is 0.644. The second-order valence-electron chi connectivity index (χ2n) is 3.98. The van der Waals surface area contributed by atoms with E-state index < -0.39 is 0 Å². The number of nitrogens with two attached hydrogens (primary N) is 1. The van der Waals surface area contributed by atoms with Crippen molar-refractivity contribution < 1.29 is 5.11 Å². The molecule has 6 heteroatoms. The van der Waals surface area contributed by atoms with Crippen LogP contribution in [-0.2, 0) is 13.5 Å². The first-order chi connectivity index (χ1) is 7.15. The van der Waals surface area contributed by atoms with Gasteiger partial charge in [-0.2, -0.15) is 4.80 Å². The molecule has 0 aromatic carbocycles. The molecule has 0 fully saturated rings. The second-order valence-corrected chi connectivity index (χ2v) is 3.98. The predicted molar refractivity (Wildman–Crippen MR) is 56.0 cm³/mol. The van der Waals surface area contributed by atoms with E-state index in [0.29, 0.717) is 18.8 Å². The van der Waals surface area contributed by atoms with Crippen molar-refractivity contribution in [3.63, 3.8) is 0 Å². The fraction of sp³-hybridized carbons (Fsp3) is 0.889. The highest BCUT2D eigenvalue weighted by atomic mass is 16.3. The molecule has 6 nitrogen and oxygen atoms in total. The topological polar surface area (TPSA) is 89.9 Å². The van der Waals surface area contributed by atoms with Crippen molar-refractivity contribution in [3.05, 3.63) is 5.82 Å². The van der Waals surface area contributed by atoms with Crippen LogP contribution in [0.25, 0.3) is 0 Å². The highest BCUT2D eigenvalue weighted by Crippen LogP contribution is 2.25. The van der Waals surface area contributed by atoms with E-state index in [0.717, 1.165) is 12.8 Å². The molecule has 15 heavy (non-hydrogen) atoms. The first-order valence-corrected chi connectivity index (χ1v) is 5.19. The zero-order chi connectivity index (χ0) is 11.3. The van der Waals surface area contributed by atoms with Gasteiger partial charge in [0.25, 0.3) is 0 Å². The maximum Gasteiger partial charge on any atom is 0.175 e. The molecule has 0 saturated carbocycles. The van der Waals surface area contributed by atoms with Crippen LogP contribution >= 0.6 is 0 Å². The van der Waals surface area contributed by atoms with Crippen molar-refractivity contribution in [2.45, 2.75) is 26.2 Å². The lowest BCUT2D eigenvalue weighted by molar-refractivity contribution is 0.119.